The van der Waals surface area contributed by atoms with E-state index < -0.39 is 18.3 Å². The van der Waals surface area contributed by atoms with Gasteiger partial charge in [0.1, 0.15) is 17.7 Å². The zero-order chi connectivity index (χ0) is 23.6. The summed E-state index contributed by atoms with van der Waals surface area (Å²) in [4.78, 5) is 15.5. The van der Waals surface area contributed by atoms with E-state index >= 15 is 0 Å². The summed E-state index contributed by atoms with van der Waals surface area (Å²) in [5, 5.41) is 10.7. The van der Waals surface area contributed by atoms with Gasteiger partial charge >= 0.3 is 18.4 Å². The summed E-state index contributed by atoms with van der Waals surface area (Å²) in [6.45, 7) is 0.842. The third kappa shape index (κ3) is 6.16. The number of amides is 1. The minimum atomic E-state index is -4.67. The molecule has 0 saturated carbocycles. The normalized spacial score (nSPS) is 17.7. The van der Waals surface area contributed by atoms with Crippen molar-refractivity contribution in [1.29, 1.82) is 0 Å². The molecule has 2 saturated heterocycles. The molecule has 1 aromatic heterocycles. The highest BCUT2D eigenvalue weighted by molar-refractivity contribution is 6.30. The van der Waals surface area contributed by atoms with Crippen molar-refractivity contribution in [3.8, 4) is 5.75 Å². The summed E-state index contributed by atoms with van der Waals surface area (Å²) in [5.74, 6) is -0.764. The first kappa shape index (κ1) is 23.4. The molecule has 9 nitrogen and oxygen atoms in total. The van der Waals surface area contributed by atoms with Crippen LogP contribution in [0, 0.1) is 5.82 Å². The smallest absolute Gasteiger partial charge is 0.484 e. The van der Waals surface area contributed by atoms with Crippen LogP contribution in [0.1, 0.15) is 12.8 Å². The predicted octanol–water partition coefficient (Wildman–Crippen LogP) is 2.75. The lowest BCUT2D eigenvalue weighted by molar-refractivity contribution is -0.344. The van der Waals surface area contributed by atoms with Crippen LogP contribution in [0.15, 0.2) is 22.6 Å². The highest BCUT2D eigenvalue weighted by Gasteiger charge is 2.41. The van der Waals surface area contributed by atoms with Crippen LogP contribution in [0.4, 0.5) is 29.6 Å². The zero-order valence-corrected chi connectivity index (χ0v) is 17.9. The largest absolute Gasteiger partial charge is 0.522 e. The van der Waals surface area contributed by atoms with Gasteiger partial charge in [-0.1, -0.05) is 21.8 Å². The molecule has 4 rings (SSSR count). The van der Waals surface area contributed by atoms with Crippen molar-refractivity contribution in [2.75, 3.05) is 42.6 Å². The van der Waals surface area contributed by atoms with Gasteiger partial charge in [-0.05, 0) is 25.0 Å². The van der Waals surface area contributed by atoms with Gasteiger partial charge in [-0.3, -0.25) is 9.53 Å². The lowest BCUT2D eigenvalue weighted by Crippen LogP contribution is -2.54. The minimum absolute atomic E-state index is 0.0139. The van der Waals surface area contributed by atoms with Crippen molar-refractivity contribution in [3.63, 3.8) is 0 Å². The van der Waals surface area contributed by atoms with E-state index in [1.807, 2.05) is 4.90 Å². The number of anilines is 2. The number of nitrogens with zero attached hydrogens (tertiary/aromatic N) is 4. The molecule has 1 amide bonds. The molecule has 2 aliphatic rings. The van der Waals surface area contributed by atoms with Gasteiger partial charge < -0.3 is 24.3 Å². The molecule has 0 spiro atoms. The van der Waals surface area contributed by atoms with Gasteiger partial charge in [-0.2, -0.15) is 0 Å². The summed E-state index contributed by atoms with van der Waals surface area (Å²) in [7, 11) is 0. The molecule has 1 N–H and O–H groups in total. The number of hydrogen-bond acceptors (Lipinski definition) is 8. The lowest BCUT2D eigenvalue weighted by atomic mass is 10.1. The standard InChI is InChI=1S/C19H20ClF4N5O4/c20-14-2-1-12(7-15(14)21)31-10-16(30)25-11-3-5-28(6-4-11)17-26-27-18(32-17)29-8-13(9-29)33-19(22,23)24/h1-2,7,11,13H,3-6,8-10H2,(H,25,30). The highest BCUT2D eigenvalue weighted by atomic mass is 35.5. The molecule has 2 fully saturated rings. The quantitative estimate of drug-likeness (QED) is 0.589. The second-order valence-electron chi connectivity index (χ2n) is 7.65. The van der Waals surface area contributed by atoms with Crippen molar-refractivity contribution in [1.82, 2.24) is 15.5 Å². The molecule has 0 radical (unpaired) electrons. The van der Waals surface area contributed by atoms with E-state index in [1.165, 1.54) is 17.0 Å². The van der Waals surface area contributed by atoms with E-state index in [-0.39, 0.29) is 54.4 Å². The number of alkyl halides is 3. The highest BCUT2D eigenvalue weighted by Crippen LogP contribution is 2.29. The van der Waals surface area contributed by atoms with Crippen molar-refractivity contribution in [2.24, 2.45) is 0 Å². The number of carbonyl (C=O) groups excluding carboxylic acids is 1. The molecule has 2 aromatic rings. The van der Waals surface area contributed by atoms with E-state index in [4.69, 9.17) is 20.8 Å². The molecular weight excluding hydrogens is 474 g/mol. The number of ether oxygens (including phenoxy) is 2. The SMILES string of the molecule is O=C(COc1ccc(Cl)c(F)c1)NC1CCN(c2nnc(N3CC(OC(F)(F)F)C3)o2)CC1. The Bertz CT molecular complexity index is 977. The van der Waals surface area contributed by atoms with Crippen LogP contribution in [0.5, 0.6) is 5.75 Å². The van der Waals surface area contributed by atoms with Crippen LogP contribution in [-0.4, -0.2) is 67.4 Å². The number of carbonyl (C=O) groups is 1. The maximum atomic E-state index is 13.4. The average Bonchev–Trinajstić information content (AvgIpc) is 3.21. The van der Waals surface area contributed by atoms with Crippen LogP contribution < -0.4 is 19.9 Å². The van der Waals surface area contributed by atoms with E-state index in [0.29, 0.717) is 25.9 Å². The average molecular weight is 494 g/mol. The number of rotatable bonds is 7. The Labute approximate surface area is 190 Å². The van der Waals surface area contributed by atoms with Gasteiger partial charge in [0.05, 0.1) is 18.1 Å². The lowest BCUT2D eigenvalue weighted by Gasteiger charge is -2.37. The fourth-order valence-electron chi connectivity index (χ4n) is 3.52. The minimum Gasteiger partial charge on any atom is -0.484 e. The van der Waals surface area contributed by atoms with Crippen LogP contribution in [0.25, 0.3) is 0 Å². The first-order valence-electron chi connectivity index (χ1n) is 10.1. The molecule has 33 heavy (non-hydrogen) atoms. The Morgan fingerprint density at radius 1 is 1.18 bits per heavy atom. The van der Waals surface area contributed by atoms with E-state index in [1.54, 1.807) is 0 Å². The number of piperidine rings is 1. The van der Waals surface area contributed by atoms with Crippen LogP contribution in [-0.2, 0) is 9.53 Å². The molecule has 0 atom stereocenters. The van der Waals surface area contributed by atoms with Crippen LogP contribution in [0.3, 0.4) is 0 Å². The maximum absolute atomic E-state index is 13.4. The molecule has 0 bridgehead atoms. The molecule has 2 aliphatic heterocycles. The second-order valence-corrected chi connectivity index (χ2v) is 8.06. The Hall–Kier alpha value is -2.80. The molecule has 0 unspecified atom stereocenters. The van der Waals surface area contributed by atoms with Crippen molar-refractivity contribution >= 4 is 29.5 Å². The first-order valence-corrected chi connectivity index (χ1v) is 10.5. The molecule has 1 aromatic carbocycles. The van der Waals surface area contributed by atoms with Gasteiger partial charge in [-0.25, -0.2) is 4.39 Å². The fraction of sp³-hybridized carbons (Fsp3) is 0.526. The maximum Gasteiger partial charge on any atom is 0.522 e. The van der Waals surface area contributed by atoms with Crippen molar-refractivity contribution in [3.05, 3.63) is 29.0 Å². The summed E-state index contributed by atoms with van der Waals surface area (Å²) >= 11 is 5.61. The number of halogens is 5. The molecular formula is C19H20ClF4N5O4. The van der Waals surface area contributed by atoms with E-state index in [9.17, 15) is 22.4 Å². The van der Waals surface area contributed by atoms with Gasteiger partial charge in [0.2, 0.25) is 0 Å². The Morgan fingerprint density at radius 3 is 2.48 bits per heavy atom. The summed E-state index contributed by atoms with van der Waals surface area (Å²) in [6, 6.07) is 4.24. The zero-order valence-electron chi connectivity index (χ0n) is 17.1. The van der Waals surface area contributed by atoms with Gasteiger partial charge in [0.25, 0.3) is 5.91 Å². The van der Waals surface area contributed by atoms with Gasteiger partial charge in [0.15, 0.2) is 6.61 Å². The predicted molar refractivity (Wildman–Crippen MR) is 108 cm³/mol. The van der Waals surface area contributed by atoms with Gasteiger partial charge in [-0.15, -0.1) is 13.2 Å². The van der Waals surface area contributed by atoms with Crippen LogP contribution >= 0.6 is 11.6 Å². The number of benzene rings is 1. The molecule has 180 valence electrons. The summed E-state index contributed by atoms with van der Waals surface area (Å²) in [5.41, 5.74) is 0. The molecule has 0 aliphatic carbocycles. The monoisotopic (exact) mass is 493 g/mol. The van der Waals surface area contributed by atoms with Crippen molar-refractivity contribution in [2.45, 2.75) is 31.3 Å². The molecule has 3 heterocycles. The summed E-state index contributed by atoms with van der Waals surface area (Å²) in [6.07, 6.45) is -4.40. The third-order valence-electron chi connectivity index (χ3n) is 5.21. The summed E-state index contributed by atoms with van der Waals surface area (Å²) < 4.78 is 64.8. The number of hydrogen-bond donors (Lipinski definition) is 1. The fourth-order valence-corrected chi connectivity index (χ4v) is 3.64. The van der Waals surface area contributed by atoms with E-state index in [0.717, 1.165) is 6.07 Å². The first-order chi connectivity index (χ1) is 15.7. The number of nitrogens with one attached hydrogen (secondary N) is 1. The Morgan fingerprint density at radius 2 is 1.85 bits per heavy atom. The Kier molecular flexibility index (Phi) is 6.79. The molecule has 14 heteroatoms. The van der Waals surface area contributed by atoms with E-state index in [2.05, 4.69) is 20.3 Å². The number of aromatic nitrogens is 2. The Balaban J connectivity index is 1.18. The van der Waals surface area contributed by atoms with Crippen LogP contribution in [0.2, 0.25) is 5.02 Å². The topological polar surface area (TPSA) is 93.0 Å². The van der Waals surface area contributed by atoms with Gasteiger partial charge in [0, 0.05) is 25.2 Å². The second kappa shape index (κ2) is 9.59. The third-order valence-corrected chi connectivity index (χ3v) is 5.52. The van der Waals surface area contributed by atoms with Crippen molar-refractivity contribution < 1.29 is 36.2 Å².